The lowest BCUT2D eigenvalue weighted by Gasteiger charge is -2.10. The van der Waals surface area contributed by atoms with E-state index in [4.69, 9.17) is 21.7 Å². The molecule has 0 unspecified atom stereocenters. The van der Waals surface area contributed by atoms with Crippen LogP contribution in [0, 0.1) is 15.9 Å². The Kier molecular flexibility index (Phi) is 4.44. The molecule has 0 bridgehead atoms. The van der Waals surface area contributed by atoms with E-state index < -0.39 is 16.6 Å². The highest BCUT2D eigenvalue weighted by molar-refractivity contribution is 7.80. The molecular formula is C15H10FN3O5S. The van der Waals surface area contributed by atoms with Gasteiger partial charge in [0, 0.05) is 17.7 Å². The number of anilines is 1. The number of nitrogens with one attached hydrogen (secondary N) is 2. The Morgan fingerprint density at radius 1 is 1.20 bits per heavy atom. The van der Waals surface area contributed by atoms with Gasteiger partial charge in [-0.05, 0) is 36.5 Å². The van der Waals surface area contributed by atoms with Gasteiger partial charge in [0.2, 0.25) is 6.79 Å². The van der Waals surface area contributed by atoms with Crippen molar-refractivity contribution in [3.8, 4) is 11.5 Å². The molecule has 1 aliphatic heterocycles. The maximum Gasteiger partial charge on any atom is 0.271 e. The number of fused-ring (bicyclic) bond motifs is 1. The summed E-state index contributed by atoms with van der Waals surface area (Å²) in [4.78, 5) is 22.2. The molecule has 3 rings (SSSR count). The molecule has 8 nitrogen and oxygen atoms in total. The predicted octanol–water partition coefficient (Wildman–Crippen LogP) is 2.59. The third kappa shape index (κ3) is 3.63. The Labute approximate surface area is 145 Å². The molecule has 1 amide bonds. The van der Waals surface area contributed by atoms with Crippen LogP contribution in [0.4, 0.5) is 15.8 Å². The van der Waals surface area contributed by atoms with Crippen molar-refractivity contribution in [2.45, 2.75) is 0 Å². The summed E-state index contributed by atoms with van der Waals surface area (Å²) < 4.78 is 24.0. The minimum absolute atomic E-state index is 0.0758. The number of non-ortho nitro benzene ring substituents is 1. The maximum absolute atomic E-state index is 13.7. The number of ether oxygens (including phenoxy) is 2. The lowest BCUT2D eigenvalue weighted by Crippen LogP contribution is -2.34. The molecular weight excluding hydrogens is 353 g/mol. The number of amides is 1. The van der Waals surface area contributed by atoms with E-state index in [0.717, 1.165) is 18.2 Å². The number of rotatable bonds is 3. The zero-order chi connectivity index (χ0) is 18.0. The van der Waals surface area contributed by atoms with Crippen molar-refractivity contribution in [2.75, 3.05) is 12.1 Å². The van der Waals surface area contributed by atoms with Crippen LogP contribution in [0.2, 0.25) is 0 Å². The van der Waals surface area contributed by atoms with E-state index in [1.54, 1.807) is 6.07 Å². The number of hydrogen-bond acceptors (Lipinski definition) is 6. The summed E-state index contributed by atoms with van der Waals surface area (Å²) in [6.45, 7) is 0.0758. The quantitative estimate of drug-likeness (QED) is 0.491. The first-order valence-electron chi connectivity index (χ1n) is 6.90. The average Bonchev–Trinajstić information content (AvgIpc) is 3.04. The van der Waals surface area contributed by atoms with Crippen molar-refractivity contribution < 1.29 is 23.6 Å². The van der Waals surface area contributed by atoms with E-state index >= 15 is 0 Å². The molecule has 2 aromatic rings. The fourth-order valence-electron chi connectivity index (χ4n) is 2.09. The first kappa shape index (κ1) is 16.6. The topological polar surface area (TPSA) is 103 Å². The van der Waals surface area contributed by atoms with Crippen LogP contribution in [0.1, 0.15) is 10.4 Å². The molecule has 1 aliphatic rings. The molecule has 0 aromatic heterocycles. The highest BCUT2D eigenvalue weighted by atomic mass is 32.1. The third-order valence-corrected chi connectivity index (χ3v) is 3.47. The van der Waals surface area contributed by atoms with E-state index in [-0.39, 0.29) is 28.8 Å². The van der Waals surface area contributed by atoms with Gasteiger partial charge in [-0.1, -0.05) is 0 Å². The van der Waals surface area contributed by atoms with Gasteiger partial charge in [-0.15, -0.1) is 0 Å². The van der Waals surface area contributed by atoms with Crippen LogP contribution in [0.3, 0.4) is 0 Å². The van der Waals surface area contributed by atoms with Gasteiger partial charge in [0.25, 0.3) is 11.6 Å². The first-order valence-corrected chi connectivity index (χ1v) is 7.31. The summed E-state index contributed by atoms with van der Waals surface area (Å²) in [6.07, 6.45) is 0. The number of carbonyl (C=O) groups excluding carboxylic acids is 1. The number of carbonyl (C=O) groups is 1. The summed E-state index contributed by atoms with van der Waals surface area (Å²) in [5.41, 5.74) is -0.271. The smallest absolute Gasteiger partial charge is 0.271 e. The Morgan fingerprint density at radius 2 is 1.96 bits per heavy atom. The van der Waals surface area contributed by atoms with Gasteiger partial charge in [-0.3, -0.25) is 20.2 Å². The number of thiocarbonyl (C=S) groups is 1. The van der Waals surface area contributed by atoms with Crippen molar-refractivity contribution in [2.24, 2.45) is 0 Å². The van der Waals surface area contributed by atoms with Gasteiger partial charge >= 0.3 is 0 Å². The molecule has 1 heterocycles. The van der Waals surface area contributed by atoms with Crippen LogP contribution < -0.4 is 20.1 Å². The largest absolute Gasteiger partial charge is 0.454 e. The number of nitro benzene ring substituents is 1. The van der Waals surface area contributed by atoms with Crippen molar-refractivity contribution in [1.29, 1.82) is 0 Å². The highest BCUT2D eigenvalue weighted by Gasteiger charge is 2.17. The molecule has 0 radical (unpaired) electrons. The van der Waals surface area contributed by atoms with Crippen molar-refractivity contribution >= 4 is 34.6 Å². The number of hydrogen-bond donors (Lipinski definition) is 2. The highest BCUT2D eigenvalue weighted by Crippen LogP contribution is 2.32. The van der Waals surface area contributed by atoms with Gasteiger partial charge < -0.3 is 14.8 Å². The van der Waals surface area contributed by atoms with Gasteiger partial charge in [-0.25, -0.2) is 4.39 Å². The summed E-state index contributed by atoms with van der Waals surface area (Å²) in [5, 5.41) is 15.3. The first-order chi connectivity index (χ1) is 11.9. The van der Waals surface area contributed by atoms with E-state index in [9.17, 15) is 19.3 Å². The fourth-order valence-corrected chi connectivity index (χ4v) is 2.29. The molecule has 0 fully saturated rings. The minimum Gasteiger partial charge on any atom is -0.454 e. The number of halogens is 1. The monoisotopic (exact) mass is 363 g/mol. The Balaban J connectivity index is 1.69. The fraction of sp³-hybridized carbons (Fsp3) is 0.0667. The van der Waals surface area contributed by atoms with Crippen LogP contribution in [0.15, 0.2) is 36.4 Å². The average molecular weight is 363 g/mol. The molecule has 2 aromatic carbocycles. The molecule has 0 spiro atoms. The number of nitrogens with zero attached hydrogens (tertiary/aromatic N) is 1. The van der Waals surface area contributed by atoms with Crippen LogP contribution in [0.25, 0.3) is 0 Å². The van der Waals surface area contributed by atoms with Gasteiger partial charge in [0.1, 0.15) is 5.82 Å². The van der Waals surface area contributed by atoms with Crippen LogP contribution >= 0.6 is 12.2 Å². The van der Waals surface area contributed by atoms with Crippen molar-refractivity contribution in [3.05, 3.63) is 57.9 Å². The second-order valence-corrected chi connectivity index (χ2v) is 5.31. The van der Waals surface area contributed by atoms with E-state index in [0.29, 0.717) is 11.5 Å². The lowest BCUT2D eigenvalue weighted by molar-refractivity contribution is -0.384. The van der Waals surface area contributed by atoms with Gasteiger partial charge in [0.05, 0.1) is 10.6 Å². The Morgan fingerprint density at radius 3 is 2.72 bits per heavy atom. The van der Waals surface area contributed by atoms with Crippen molar-refractivity contribution in [1.82, 2.24) is 5.32 Å². The van der Waals surface area contributed by atoms with Gasteiger partial charge in [0.15, 0.2) is 16.6 Å². The SMILES string of the molecule is O=C(NC(=S)Nc1cc([N+](=O)[O-])ccc1F)c1ccc2c(c1)OCO2. The second-order valence-electron chi connectivity index (χ2n) is 4.90. The standard InChI is InChI=1S/C15H10FN3O5S/c16-10-3-2-9(19(21)22)6-11(10)17-15(25)18-14(20)8-1-4-12-13(5-8)24-7-23-12/h1-6H,7H2,(H2,17,18,20,25). The molecule has 128 valence electrons. The van der Waals surface area contributed by atoms with Crippen LogP contribution in [-0.2, 0) is 0 Å². The second kappa shape index (κ2) is 6.69. The lowest BCUT2D eigenvalue weighted by atomic mass is 10.2. The predicted molar refractivity (Wildman–Crippen MR) is 89.3 cm³/mol. The summed E-state index contributed by atoms with van der Waals surface area (Å²) in [5.74, 6) is -0.348. The molecule has 0 aliphatic carbocycles. The minimum atomic E-state index is -0.745. The zero-order valence-electron chi connectivity index (χ0n) is 12.4. The Hall–Kier alpha value is -3.27. The number of benzene rings is 2. The van der Waals surface area contributed by atoms with Crippen LogP contribution in [0.5, 0.6) is 11.5 Å². The molecule has 0 saturated carbocycles. The van der Waals surface area contributed by atoms with E-state index in [2.05, 4.69) is 10.6 Å². The normalized spacial score (nSPS) is 11.7. The molecule has 25 heavy (non-hydrogen) atoms. The molecule has 2 N–H and O–H groups in total. The van der Waals surface area contributed by atoms with Crippen LogP contribution in [-0.4, -0.2) is 22.7 Å². The molecule has 10 heteroatoms. The maximum atomic E-state index is 13.7. The van der Waals surface area contributed by atoms with E-state index in [1.807, 2.05) is 0 Å². The van der Waals surface area contributed by atoms with E-state index in [1.165, 1.54) is 12.1 Å². The number of nitro groups is 1. The summed E-state index contributed by atoms with van der Waals surface area (Å²) >= 11 is 4.94. The van der Waals surface area contributed by atoms with Crippen molar-refractivity contribution in [3.63, 3.8) is 0 Å². The summed E-state index contributed by atoms with van der Waals surface area (Å²) in [7, 11) is 0. The molecule has 0 atom stereocenters. The zero-order valence-corrected chi connectivity index (χ0v) is 13.3. The Bertz CT molecular complexity index is 889. The summed E-state index contributed by atoms with van der Waals surface area (Å²) in [6, 6.07) is 7.51. The molecule has 0 saturated heterocycles. The van der Waals surface area contributed by atoms with Gasteiger partial charge in [-0.2, -0.15) is 0 Å². The third-order valence-electron chi connectivity index (χ3n) is 3.27.